The molecule has 0 bridgehead atoms. The lowest BCUT2D eigenvalue weighted by molar-refractivity contribution is -0.111. The number of halogens is 1. The third-order valence-corrected chi connectivity index (χ3v) is 5.27. The number of aryl methyl sites for hydroxylation is 1. The van der Waals surface area contributed by atoms with Crippen LogP contribution in [0.2, 0.25) is 0 Å². The Labute approximate surface area is 179 Å². The Morgan fingerprint density at radius 2 is 2.10 bits per heavy atom. The molecule has 0 aliphatic carbocycles. The molecule has 2 heterocycles. The number of rotatable bonds is 5. The van der Waals surface area contributed by atoms with E-state index in [1.165, 1.54) is 18.2 Å². The summed E-state index contributed by atoms with van der Waals surface area (Å²) in [5.74, 6) is -0.231. The lowest BCUT2D eigenvalue weighted by atomic mass is 10.1. The van der Waals surface area contributed by atoms with E-state index in [1.807, 2.05) is 6.92 Å². The number of carbonyl (C=O) groups excluding carboxylic acids is 2. The summed E-state index contributed by atoms with van der Waals surface area (Å²) in [4.78, 5) is 34.9. The van der Waals surface area contributed by atoms with Gasteiger partial charge in [0.25, 0.3) is 5.91 Å². The van der Waals surface area contributed by atoms with Crippen molar-refractivity contribution in [1.29, 1.82) is 0 Å². The van der Waals surface area contributed by atoms with E-state index in [-0.39, 0.29) is 23.7 Å². The van der Waals surface area contributed by atoms with E-state index in [0.29, 0.717) is 41.2 Å². The summed E-state index contributed by atoms with van der Waals surface area (Å²) in [7, 11) is 0. The first-order chi connectivity index (χ1) is 14.9. The first kappa shape index (κ1) is 20.5. The van der Waals surface area contributed by atoms with Crippen molar-refractivity contribution in [2.24, 2.45) is 0 Å². The molecule has 1 atom stereocenters. The minimum Gasteiger partial charge on any atom is -0.350 e. The van der Waals surface area contributed by atoms with Gasteiger partial charge in [-0.05, 0) is 61.4 Å². The number of hydrogen-bond donors (Lipinski definition) is 2. The summed E-state index contributed by atoms with van der Waals surface area (Å²) < 4.78 is 13.3. The van der Waals surface area contributed by atoms with Gasteiger partial charge in [-0.1, -0.05) is 6.58 Å². The van der Waals surface area contributed by atoms with Crippen molar-refractivity contribution in [2.75, 3.05) is 23.7 Å². The Hall–Kier alpha value is -3.81. The lowest BCUT2D eigenvalue weighted by Crippen LogP contribution is -2.32. The molecule has 1 aromatic heterocycles. The van der Waals surface area contributed by atoms with E-state index < -0.39 is 0 Å². The highest BCUT2D eigenvalue weighted by atomic mass is 19.1. The molecular weight excluding hydrogens is 397 g/mol. The number of aromatic nitrogens is 2. The predicted molar refractivity (Wildman–Crippen MR) is 117 cm³/mol. The molecule has 0 radical (unpaired) electrons. The Morgan fingerprint density at radius 1 is 1.26 bits per heavy atom. The van der Waals surface area contributed by atoms with Gasteiger partial charge >= 0.3 is 0 Å². The first-order valence-electron chi connectivity index (χ1n) is 9.95. The van der Waals surface area contributed by atoms with Crippen LogP contribution in [0.5, 0.6) is 0 Å². The van der Waals surface area contributed by atoms with E-state index in [2.05, 4.69) is 27.2 Å². The zero-order valence-electron chi connectivity index (χ0n) is 17.1. The number of fused-ring (bicyclic) bond motifs is 1. The summed E-state index contributed by atoms with van der Waals surface area (Å²) in [5.41, 5.74) is 2.68. The molecule has 2 amide bonds. The van der Waals surface area contributed by atoms with Gasteiger partial charge in [-0.15, -0.1) is 0 Å². The van der Waals surface area contributed by atoms with Crippen molar-refractivity contribution in [3.05, 3.63) is 72.2 Å². The molecule has 31 heavy (non-hydrogen) atoms. The molecule has 2 N–H and O–H groups in total. The van der Waals surface area contributed by atoms with Crippen LogP contribution < -0.4 is 10.6 Å². The SMILES string of the molecule is C=CC(=O)Nc1ccc(C(=O)N2CCC(Nc3ncc4cc(F)ccc4n3)C2)cc1C. The third-order valence-electron chi connectivity index (χ3n) is 5.27. The van der Waals surface area contributed by atoms with Gasteiger partial charge in [-0.2, -0.15) is 0 Å². The number of anilines is 2. The second-order valence-electron chi connectivity index (χ2n) is 7.50. The van der Waals surface area contributed by atoms with Crippen LogP contribution in [0.4, 0.5) is 16.0 Å². The van der Waals surface area contributed by atoms with Crippen LogP contribution in [0.25, 0.3) is 10.9 Å². The molecule has 1 unspecified atom stereocenters. The van der Waals surface area contributed by atoms with Gasteiger partial charge in [-0.25, -0.2) is 14.4 Å². The second kappa shape index (κ2) is 8.51. The highest BCUT2D eigenvalue weighted by Crippen LogP contribution is 2.21. The second-order valence-corrected chi connectivity index (χ2v) is 7.50. The normalized spacial score (nSPS) is 15.7. The number of benzene rings is 2. The molecule has 8 heteroatoms. The topological polar surface area (TPSA) is 87.2 Å². The highest BCUT2D eigenvalue weighted by Gasteiger charge is 2.27. The predicted octanol–water partition coefficient (Wildman–Crippen LogP) is 3.53. The molecule has 0 spiro atoms. The Balaban J connectivity index is 1.41. The maximum atomic E-state index is 13.3. The average molecular weight is 419 g/mol. The van der Waals surface area contributed by atoms with Gasteiger partial charge < -0.3 is 15.5 Å². The van der Waals surface area contributed by atoms with Crippen molar-refractivity contribution in [3.63, 3.8) is 0 Å². The number of carbonyl (C=O) groups is 2. The van der Waals surface area contributed by atoms with Crippen LogP contribution in [0.15, 0.2) is 55.3 Å². The van der Waals surface area contributed by atoms with Crippen LogP contribution in [0.1, 0.15) is 22.3 Å². The quantitative estimate of drug-likeness (QED) is 0.618. The van der Waals surface area contributed by atoms with Crippen LogP contribution >= 0.6 is 0 Å². The van der Waals surface area contributed by atoms with E-state index in [9.17, 15) is 14.0 Å². The molecule has 7 nitrogen and oxygen atoms in total. The lowest BCUT2D eigenvalue weighted by Gasteiger charge is -2.18. The largest absolute Gasteiger partial charge is 0.350 e. The van der Waals surface area contributed by atoms with Crippen LogP contribution in [0, 0.1) is 12.7 Å². The minimum absolute atomic E-state index is 0.0223. The Morgan fingerprint density at radius 3 is 2.87 bits per heavy atom. The summed E-state index contributed by atoms with van der Waals surface area (Å²) in [6.45, 7) is 6.42. The fraction of sp³-hybridized carbons (Fsp3) is 0.217. The van der Waals surface area contributed by atoms with Crippen molar-refractivity contribution in [1.82, 2.24) is 14.9 Å². The minimum atomic E-state index is -0.326. The molecule has 1 aliphatic rings. The molecule has 1 fully saturated rings. The molecule has 1 aliphatic heterocycles. The van der Waals surface area contributed by atoms with Crippen molar-refractivity contribution in [2.45, 2.75) is 19.4 Å². The standard InChI is InChI=1S/C23H22FN5O2/c1-3-21(30)27-19-6-4-15(10-14(19)2)22(31)29-9-8-18(13-29)26-23-25-12-16-11-17(24)5-7-20(16)28-23/h3-7,10-12,18H,1,8-9,13H2,2H3,(H,27,30)(H,25,26,28). The molecule has 4 rings (SSSR count). The summed E-state index contributed by atoms with van der Waals surface area (Å²) in [5, 5.41) is 6.62. The first-order valence-corrected chi connectivity index (χ1v) is 9.95. The van der Waals surface area contributed by atoms with Gasteiger partial charge in [0.1, 0.15) is 5.82 Å². The van der Waals surface area contributed by atoms with E-state index in [4.69, 9.17) is 0 Å². The van der Waals surface area contributed by atoms with Gasteiger partial charge in [0.15, 0.2) is 0 Å². The van der Waals surface area contributed by atoms with E-state index >= 15 is 0 Å². The number of nitrogens with zero attached hydrogens (tertiary/aromatic N) is 3. The Bertz CT molecular complexity index is 1180. The van der Waals surface area contributed by atoms with E-state index in [0.717, 1.165) is 12.0 Å². The van der Waals surface area contributed by atoms with E-state index in [1.54, 1.807) is 35.4 Å². The smallest absolute Gasteiger partial charge is 0.253 e. The van der Waals surface area contributed by atoms with Gasteiger partial charge in [0.2, 0.25) is 11.9 Å². The summed E-state index contributed by atoms with van der Waals surface area (Å²) in [6.07, 6.45) is 3.55. The summed E-state index contributed by atoms with van der Waals surface area (Å²) in [6, 6.07) is 9.60. The van der Waals surface area contributed by atoms with Crippen molar-refractivity contribution < 1.29 is 14.0 Å². The van der Waals surface area contributed by atoms with Gasteiger partial charge in [0.05, 0.1) is 5.52 Å². The molecule has 3 aromatic rings. The number of nitrogens with one attached hydrogen (secondary N) is 2. The van der Waals surface area contributed by atoms with Gasteiger partial charge in [-0.3, -0.25) is 9.59 Å². The molecule has 1 saturated heterocycles. The van der Waals surface area contributed by atoms with Gasteiger partial charge in [0, 0.05) is 42.0 Å². The zero-order chi connectivity index (χ0) is 22.0. The number of hydrogen-bond acceptors (Lipinski definition) is 5. The van der Waals surface area contributed by atoms with Crippen molar-refractivity contribution >= 4 is 34.4 Å². The fourth-order valence-electron chi connectivity index (χ4n) is 3.62. The fourth-order valence-corrected chi connectivity index (χ4v) is 3.62. The Kier molecular flexibility index (Phi) is 5.62. The highest BCUT2D eigenvalue weighted by molar-refractivity contribution is 6.00. The third kappa shape index (κ3) is 4.53. The molecular formula is C23H22FN5O2. The monoisotopic (exact) mass is 419 g/mol. The molecule has 0 saturated carbocycles. The van der Waals surface area contributed by atoms with Crippen LogP contribution in [-0.4, -0.2) is 45.8 Å². The number of likely N-dealkylation sites (tertiary alicyclic amines) is 1. The number of amides is 2. The zero-order valence-corrected chi connectivity index (χ0v) is 17.1. The summed E-state index contributed by atoms with van der Waals surface area (Å²) >= 11 is 0. The van der Waals surface area contributed by atoms with Crippen LogP contribution in [0.3, 0.4) is 0 Å². The van der Waals surface area contributed by atoms with Crippen molar-refractivity contribution in [3.8, 4) is 0 Å². The molecule has 2 aromatic carbocycles. The maximum Gasteiger partial charge on any atom is 0.253 e. The average Bonchev–Trinajstić information content (AvgIpc) is 3.23. The van der Waals surface area contributed by atoms with Crippen LogP contribution in [-0.2, 0) is 4.79 Å². The maximum absolute atomic E-state index is 13.3. The molecule has 158 valence electrons.